The highest BCUT2D eigenvalue weighted by Gasteiger charge is 2.27. The first-order valence-corrected chi connectivity index (χ1v) is 4.32. The Hall–Kier alpha value is -1.45. The second-order valence-electron chi connectivity index (χ2n) is 3.37. The molecule has 0 amide bonds. The van der Waals surface area contributed by atoms with Crippen molar-refractivity contribution >= 4 is 11.6 Å². The summed E-state index contributed by atoms with van der Waals surface area (Å²) < 4.78 is 0. The largest absolute Gasteiger partial charge is 0.384 e. The van der Waals surface area contributed by atoms with Gasteiger partial charge in [-0.15, -0.1) is 0 Å². The SMILES string of the molecule is CC(=O)c1cc(N)nc(C2CC2)n1. The minimum absolute atomic E-state index is 0.0593. The van der Waals surface area contributed by atoms with Crippen LogP contribution in [0.25, 0.3) is 0 Å². The van der Waals surface area contributed by atoms with Crippen molar-refractivity contribution in [3.63, 3.8) is 0 Å². The van der Waals surface area contributed by atoms with Gasteiger partial charge >= 0.3 is 0 Å². The molecule has 0 aliphatic heterocycles. The van der Waals surface area contributed by atoms with Crippen LogP contribution in [0.15, 0.2) is 6.07 Å². The molecule has 0 spiro atoms. The Labute approximate surface area is 76.2 Å². The van der Waals surface area contributed by atoms with Gasteiger partial charge < -0.3 is 5.73 Å². The summed E-state index contributed by atoms with van der Waals surface area (Å²) in [5.41, 5.74) is 5.98. The third kappa shape index (κ3) is 1.66. The summed E-state index contributed by atoms with van der Waals surface area (Å²) in [6.07, 6.45) is 2.22. The number of nitrogens with two attached hydrogens (primary N) is 1. The molecule has 13 heavy (non-hydrogen) atoms. The van der Waals surface area contributed by atoms with Gasteiger partial charge in [0, 0.05) is 18.9 Å². The Bertz CT molecular complexity index is 358. The first kappa shape index (κ1) is 8.16. The molecular weight excluding hydrogens is 166 g/mol. The molecule has 1 aromatic rings. The monoisotopic (exact) mass is 177 g/mol. The van der Waals surface area contributed by atoms with E-state index in [0.29, 0.717) is 17.4 Å². The number of rotatable bonds is 2. The molecule has 0 bridgehead atoms. The van der Waals surface area contributed by atoms with E-state index in [1.807, 2.05) is 0 Å². The lowest BCUT2D eigenvalue weighted by atomic mass is 10.3. The van der Waals surface area contributed by atoms with E-state index >= 15 is 0 Å². The van der Waals surface area contributed by atoms with E-state index in [2.05, 4.69) is 9.97 Å². The lowest BCUT2D eigenvalue weighted by Crippen LogP contribution is -2.05. The highest BCUT2D eigenvalue weighted by atomic mass is 16.1. The third-order valence-electron chi connectivity index (χ3n) is 2.07. The number of aromatic nitrogens is 2. The first-order valence-electron chi connectivity index (χ1n) is 4.32. The van der Waals surface area contributed by atoms with Crippen LogP contribution in [0.2, 0.25) is 0 Å². The van der Waals surface area contributed by atoms with Crippen molar-refractivity contribution in [3.8, 4) is 0 Å². The van der Waals surface area contributed by atoms with Gasteiger partial charge in [0.15, 0.2) is 5.78 Å². The number of nitrogen functional groups attached to an aromatic ring is 1. The summed E-state index contributed by atoms with van der Waals surface area (Å²) >= 11 is 0. The molecule has 1 fully saturated rings. The number of hydrogen-bond acceptors (Lipinski definition) is 4. The molecule has 2 rings (SSSR count). The first-order chi connectivity index (χ1) is 6.16. The molecule has 68 valence electrons. The van der Waals surface area contributed by atoms with Crippen LogP contribution in [0.3, 0.4) is 0 Å². The van der Waals surface area contributed by atoms with Gasteiger partial charge in [-0.25, -0.2) is 9.97 Å². The number of nitrogens with zero attached hydrogens (tertiary/aromatic N) is 2. The molecule has 0 atom stereocenters. The van der Waals surface area contributed by atoms with E-state index in [1.165, 1.54) is 13.0 Å². The van der Waals surface area contributed by atoms with Gasteiger partial charge in [0.2, 0.25) is 0 Å². The zero-order valence-corrected chi connectivity index (χ0v) is 7.45. The molecular formula is C9H11N3O. The minimum atomic E-state index is -0.0593. The maximum Gasteiger partial charge on any atom is 0.178 e. The van der Waals surface area contributed by atoms with Crippen LogP contribution in [-0.4, -0.2) is 15.8 Å². The van der Waals surface area contributed by atoms with E-state index < -0.39 is 0 Å². The number of Topliss-reactive ketones (excluding diaryl/α,β-unsaturated/α-hetero) is 1. The topological polar surface area (TPSA) is 68.9 Å². The summed E-state index contributed by atoms with van der Waals surface area (Å²) in [5, 5.41) is 0. The van der Waals surface area contributed by atoms with Crippen molar-refractivity contribution in [1.82, 2.24) is 9.97 Å². The average molecular weight is 177 g/mol. The Morgan fingerprint density at radius 1 is 1.54 bits per heavy atom. The zero-order valence-electron chi connectivity index (χ0n) is 7.45. The van der Waals surface area contributed by atoms with Gasteiger partial charge in [-0.05, 0) is 12.8 Å². The number of ketones is 1. The molecule has 1 heterocycles. The molecule has 4 heteroatoms. The van der Waals surface area contributed by atoms with Gasteiger partial charge in [0.25, 0.3) is 0 Å². The highest BCUT2D eigenvalue weighted by Crippen LogP contribution is 2.38. The van der Waals surface area contributed by atoms with Gasteiger partial charge in [0.1, 0.15) is 17.3 Å². The van der Waals surface area contributed by atoms with Crippen molar-refractivity contribution < 1.29 is 4.79 Å². The smallest absolute Gasteiger partial charge is 0.178 e. The fourth-order valence-corrected chi connectivity index (χ4v) is 1.19. The average Bonchev–Trinajstić information content (AvgIpc) is 2.85. The summed E-state index contributed by atoms with van der Waals surface area (Å²) in [6.45, 7) is 1.48. The molecule has 0 aromatic carbocycles. The Morgan fingerprint density at radius 3 is 2.77 bits per heavy atom. The van der Waals surface area contributed by atoms with Crippen LogP contribution >= 0.6 is 0 Å². The standard InChI is InChI=1S/C9H11N3O/c1-5(13)7-4-8(10)12-9(11-7)6-2-3-6/h4,6H,2-3H2,1H3,(H2,10,11,12). The van der Waals surface area contributed by atoms with Crippen LogP contribution in [0.1, 0.15) is 42.0 Å². The minimum Gasteiger partial charge on any atom is -0.384 e. The second kappa shape index (κ2) is 2.80. The normalized spacial score (nSPS) is 15.8. The van der Waals surface area contributed by atoms with Gasteiger partial charge in [-0.2, -0.15) is 0 Å². The molecule has 1 aliphatic rings. The maximum absolute atomic E-state index is 11.0. The molecule has 0 unspecified atom stereocenters. The number of carbonyl (C=O) groups excluding carboxylic acids is 1. The van der Waals surface area contributed by atoms with Crippen molar-refractivity contribution in [1.29, 1.82) is 0 Å². The predicted molar refractivity (Wildman–Crippen MR) is 48.4 cm³/mol. The molecule has 1 aromatic heterocycles. The number of carbonyl (C=O) groups is 1. The Kier molecular flexibility index (Phi) is 1.76. The van der Waals surface area contributed by atoms with Gasteiger partial charge in [-0.1, -0.05) is 0 Å². The predicted octanol–water partition coefficient (Wildman–Crippen LogP) is 1.14. The lowest BCUT2D eigenvalue weighted by Gasteiger charge is -2.01. The molecule has 1 aliphatic carbocycles. The van der Waals surface area contributed by atoms with Crippen LogP contribution in [0, 0.1) is 0 Å². The zero-order chi connectivity index (χ0) is 9.42. The quantitative estimate of drug-likeness (QED) is 0.688. The third-order valence-corrected chi connectivity index (χ3v) is 2.07. The van der Waals surface area contributed by atoms with E-state index in [4.69, 9.17) is 5.73 Å². The molecule has 1 saturated carbocycles. The van der Waals surface area contributed by atoms with Crippen molar-refractivity contribution in [2.75, 3.05) is 5.73 Å². The number of anilines is 1. The van der Waals surface area contributed by atoms with E-state index in [0.717, 1.165) is 18.7 Å². The van der Waals surface area contributed by atoms with Crippen LogP contribution in [-0.2, 0) is 0 Å². The molecule has 4 nitrogen and oxygen atoms in total. The fourth-order valence-electron chi connectivity index (χ4n) is 1.19. The Morgan fingerprint density at radius 2 is 2.23 bits per heavy atom. The summed E-state index contributed by atoms with van der Waals surface area (Å²) in [4.78, 5) is 19.3. The van der Waals surface area contributed by atoms with Crippen molar-refractivity contribution in [2.24, 2.45) is 0 Å². The summed E-state index contributed by atoms with van der Waals surface area (Å²) in [5.74, 6) is 1.49. The van der Waals surface area contributed by atoms with Gasteiger partial charge in [-0.3, -0.25) is 4.79 Å². The highest BCUT2D eigenvalue weighted by molar-refractivity contribution is 5.92. The van der Waals surface area contributed by atoms with E-state index in [9.17, 15) is 4.79 Å². The molecule has 0 radical (unpaired) electrons. The fraction of sp³-hybridized carbons (Fsp3) is 0.444. The van der Waals surface area contributed by atoms with Gasteiger partial charge in [0.05, 0.1) is 0 Å². The molecule has 2 N–H and O–H groups in total. The Balaban J connectivity index is 2.41. The summed E-state index contributed by atoms with van der Waals surface area (Å²) in [7, 11) is 0. The van der Waals surface area contributed by atoms with E-state index in [-0.39, 0.29) is 5.78 Å². The van der Waals surface area contributed by atoms with Crippen molar-refractivity contribution in [3.05, 3.63) is 17.6 Å². The second-order valence-corrected chi connectivity index (χ2v) is 3.37. The van der Waals surface area contributed by atoms with E-state index in [1.54, 1.807) is 0 Å². The van der Waals surface area contributed by atoms with Crippen LogP contribution in [0.4, 0.5) is 5.82 Å². The summed E-state index contributed by atoms with van der Waals surface area (Å²) in [6, 6.07) is 1.52. The molecule has 0 saturated heterocycles. The maximum atomic E-state index is 11.0. The van der Waals surface area contributed by atoms with Crippen molar-refractivity contribution in [2.45, 2.75) is 25.7 Å². The van der Waals surface area contributed by atoms with Crippen LogP contribution < -0.4 is 5.73 Å². The lowest BCUT2D eigenvalue weighted by molar-refractivity contribution is 0.101. The number of hydrogen-bond donors (Lipinski definition) is 1. The van der Waals surface area contributed by atoms with Crippen LogP contribution in [0.5, 0.6) is 0 Å².